The fourth-order valence-corrected chi connectivity index (χ4v) is 2.63. The number of anilines is 1. The molecule has 0 radical (unpaired) electrons. The quantitative estimate of drug-likeness (QED) is 0.640. The van der Waals surface area contributed by atoms with Crippen LogP contribution in [0.25, 0.3) is 0 Å². The zero-order valence-electron chi connectivity index (χ0n) is 12.6. The minimum absolute atomic E-state index is 0.521. The van der Waals surface area contributed by atoms with Crippen molar-refractivity contribution >= 4 is 11.6 Å². The summed E-state index contributed by atoms with van der Waals surface area (Å²) < 4.78 is 0. The molecule has 0 aliphatic carbocycles. The Morgan fingerprint density at radius 3 is 3.00 bits per heavy atom. The number of aliphatic imine (C=N–C) groups is 1. The molecule has 1 atom stereocenters. The average molecular weight is 274 g/mol. The molecule has 4 nitrogen and oxygen atoms in total. The minimum Gasteiger partial charge on any atom is -0.370 e. The number of hydrogen-bond acceptors (Lipinski definition) is 2. The van der Waals surface area contributed by atoms with E-state index in [2.05, 4.69) is 41.2 Å². The lowest BCUT2D eigenvalue weighted by Gasteiger charge is -2.12. The van der Waals surface area contributed by atoms with Crippen LogP contribution in [-0.4, -0.2) is 37.0 Å². The first-order chi connectivity index (χ1) is 9.71. The number of rotatable bonds is 5. The van der Waals surface area contributed by atoms with Crippen molar-refractivity contribution in [3.63, 3.8) is 0 Å². The van der Waals surface area contributed by atoms with E-state index in [4.69, 9.17) is 5.73 Å². The van der Waals surface area contributed by atoms with E-state index in [-0.39, 0.29) is 0 Å². The van der Waals surface area contributed by atoms with Crippen LogP contribution in [-0.2, 0) is 6.42 Å². The maximum Gasteiger partial charge on any atom is 0.193 e. The van der Waals surface area contributed by atoms with Crippen molar-refractivity contribution in [3.8, 4) is 0 Å². The third-order valence-corrected chi connectivity index (χ3v) is 3.94. The third kappa shape index (κ3) is 4.23. The third-order valence-electron chi connectivity index (χ3n) is 3.94. The van der Waals surface area contributed by atoms with E-state index in [1.807, 2.05) is 12.1 Å². The van der Waals surface area contributed by atoms with Crippen molar-refractivity contribution in [2.75, 3.05) is 31.5 Å². The van der Waals surface area contributed by atoms with Gasteiger partial charge in [0, 0.05) is 18.8 Å². The van der Waals surface area contributed by atoms with Crippen LogP contribution in [0.15, 0.2) is 29.3 Å². The van der Waals surface area contributed by atoms with E-state index < -0.39 is 0 Å². The molecule has 2 rings (SSSR count). The Morgan fingerprint density at radius 1 is 1.45 bits per heavy atom. The number of guanidine groups is 1. The van der Waals surface area contributed by atoms with Crippen molar-refractivity contribution in [2.24, 2.45) is 16.6 Å². The number of nitrogens with one attached hydrogen (secondary N) is 1. The number of nitrogens with zero attached hydrogens (tertiary/aromatic N) is 2. The molecule has 3 N–H and O–H groups in total. The first-order valence-corrected chi connectivity index (χ1v) is 7.59. The molecule has 110 valence electrons. The second kappa shape index (κ2) is 7.29. The number of aryl methyl sites for hydroxylation is 1. The van der Waals surface area contributed by atoms with Crippen LogP contribution in [0.2, 0.25) is 0 Å². The fourth-order valence-electron chi connectivity index (χ4n) is 2.63. The summed E-state index contributed by atoms with van der Waals surface area (Å²) in [5, 5.41) is 3.18. The molecule has 0 saturated carbocycles. The van der Waals surface area contributed by atoms with Gasteiger partial charge < -0.3 is 16.0 Å². The first-order valence-electron chi connectivity index (χ1n) is 7.59. The molecule has 1 heterocycles. The molecule has 4 heteroatoms. The van der Waals surface area contributed by atoms with E-state index >= 15 is 0 Å². The van der Waals surface area contributed by atoms with Crippen LogP contribution in [0.3, 0.4) is 0 Å². The molecule has 1 aliphatic rings. The van der Waals surface area contributed by atoms with Crippen molar-refractivity contribution in [3.05, 3.63) is 29.8 Å². The van der Waals surface area contributed by atoms with Crippen LogP contribution in [0.5, 0.6) is 0 Å². The second-order valence-electron chi connectivity index (χ2n) is 5.45. The molecular formula is C16H26N4. The fraction of sp³-hybridized carbons (Fsp3) is 0.562. The first kappa shape index (κ1) is 14.9. The molecular weight excluding hydrogens is 248 g/mol. The Bertz CT molecular complexity index is 456. The van der Waals surface area contributed by atoms with Crippen molar-refractivity contribution in [2.45, 2.75) is 26.7 Å². The summed E-state index contributed by atoms with van der Waals surface area (Å²) in [5.41, 5.74) is 8.29. The lowest BCUT2D eigenvalue weighted by Crippen LogP contribution is -2.25. The number of likely N-dealkylation sites (tertiary alicyclic amines) is 1. The Kier molecular flexibility index (Phi) is 5.41. The highest BCUT2D eigenvalue weighted by atomic mass is 15.1. The normalized spacial score (nSPS) is 20.3. The van der Waals surface area contributed by atoms with Crippen LogP contribution in [0.1, 0.15) is 25.8 Å². The maximum absolute atomic E-state index is 5.97. The number of hydrogen-bond donors (Lipinski definition) is 2. The van der Waals surface area contributed by atoms with Gasteiger partial charge in [0.25, 0.3) is 0 Å². The van der Waals surface area contributed by atoms with E-state index in [1.165, 1.54) is 18.5 Å². The molecule has 1 saturated heterocycles. The summed E-state index contributed by atoms with van der Waals surface area (Å²) in [6.07, 6.45) is 2.26. The molecule has 1 fully saturated rings. The van der Waals surface area contributed by atoms with Gasteiger partial charge in [0.05, 0.1) is 0 Å². The summed E-state index contributed by atoms with van der Waals surface area (Å²) in [6.45, 7) is 8.67. The highest BCUT2D eigenvalue weighted by molar-refractivity contribution is 5.92. The van der Waals surface area contributed by atoms with E-state index in [1.54, 1.807) is 0 Å². The smallest absolute Gasteiger partial charge is 0.193 e. The van der Waals surface area contributed by atoms with Gasteiger partial charge in [0.2, 0.25) is 0 Å². The van der Waals surface area contributed by atoms with Crippen LogP contribution in [0.4, 0.5) is 5.69 Å². The van der Waals surface area contributed by atoms with Gasteiger partial charge in [0.1, 0.15) is 0 Å². The van der Waals surface area contributed by atoms with Gasteiger partial charge >= 0.3 is 0 Å². The van der Waals surface area contributed by atoms with E-state index in [0.29, 0.717) is 11.9 Å². The summed E-state index contributed by atoms with van der Waals surface area (Å²) in [5.74, 6) is 1.17. The van der Waals surface area contributed by atoms with Crippen LogP contribution < -0.4 is 11.1 Å². The predicted octanol–water partition coefficient (Wildman–Crippen LogP) is 2.32. The predicted molar refractivity (Wildman–Crippen MR) is 86.2 cm³/mol. The lowest BCUT2D eigenvalue weighted by atomic mass is 10.1. The van der Waals surface area contributed by atoms with E-state index in [9.17, 15) is 0 Å². The van der Waals surface area contributed by atoms with Crippen LogP contribution >= 0.6 is 0 Å². The second-order valence-corrected chi connectivity index (χ2v) is 5.45. The maximum atomic E-state index is 5.97. The monoisotopic (exact) mass is 274 g/mol. The minimum atomic E-state index is 0.521. The molecule has 20 heavy (non-hydrogen) atoms. The average Bonchev–Trinajstić information content (AvgIpc) is 2.93. The Hall–Kier alpha value is -1.55. The Balaban J connectivity index is 1.84. The van der Waals surface area contributed by atoms with Gasteiger partial charge in [0.15, 0.2) is 5.96 Å². The molecule has 1 aromatic carbocycles. The van der Waals surface area contributed by atoms with Gasteiger partial charge in [-0.25, -0.2) is 0 Å². The Labute approximate surface area is 122 Å². The molecule has 0 amide bonds. The standard InChI is InChI=1S/C16H26N4/c1-3-13-6-5-7-15(10-13)19-16(17)18-11-14-8-9-20(4-2)12-14/h5-7,10,14H,3-4,8-9,11-12H2,1-2H3,(H3,17,18,19). The number of benzene rings is 1. The van der Waals surface area contributed by atoms with Gasteiger partial charge in [-0.05, 0) is 49.5 Å². The summed E-state index contributed by atoms with van der Waals surface area (Å²) >= 11 is 0. The Morgan fingerprint density at radius 2 is 2.30 bits per heavy atom. The molecule has 0 aromatic heterocycles. The van der Waals surface area contributed by atoms with Crippen molar-refractivity contribution in [1.29, 1.82) is 0 Å². The SMILES string of the molecule is CCc1cccc(NC(N)=NCC2CCN(CC)C2)c1. The van der Waals surface area contributed by atoms with Crippen molar-refractivity contribution < 1.29 is 0 Å². The van der Waals surface area contributed by atoms with Gasteiger partial charge in [-0.3, -0.25) is 4.99 Å². The molecule has 0 spiro atoms. The lowest BCUT2D eigenvalue weighted by molar-refractivity contribution is 0.344. The molecule has 1 aliphatic heterocycles. The summed E-state index contributed by atoms with van der Waals surface area (Å²) in [4.78, 5) is 6.95. The molecule has 1 unspecified atom stereocenters. The van der Waals surface area contributed by atoms with Crippen LogP contribution in [0, 0.1) is 5.92 Å². The zero-order valence-corrected chi connectivity index (χ0v) is 12.6. The zero-order chi connectivity index (χ0) is 14.4. The van der Waals surface area contributed by atoms with Gasteiger partial charge in [-0.2, -0.15) is 0 Å². The van der Waals surface area contributed by atoms with E-state index in [0.717, 1.165) is 31.7 Å². The molecule has 0 bridgehead atoms. The topological polar surface area (TPSA) is 53.6 Å². The highest BCUT2D eigenvalue weighted by Gasteiger charge is 2.20. The number of nitrogens with two attached hydrogens (primary N) is 1. The highest BCUT2D eigenvalue weighted by Crippen LogP contribution is 2.16. The molecule has 1 aromatic rings. The largest absolute Gasteiger partial charge is 0.370 e. The summed E-state index contributed by atoms with van der Waals surface area (Å²) in [6, 6.07) is 8.31. The summed E-state index contributed by atoms with van der Waals surface area (Å²) in [7, 11) is 0. The van der Waals surface area contributed by atoms with Gasteiger partial charge in [-0.1, -0.05) is 26.0 Å². The van der Waals surface area contributed by atoms with Crippen molar-refractivity contribution in [1.82, 2.24) is 4.90 Å². The van der Waals surface area contributed by atoms with Gasteiger partial charge in [-0.15, -0.1) is 0 Å².